The van der Waals surface area contributed by atoms with E-state index >= 15 is 0 Å². The largest absolute Gasteiger partial charge is 0.337 e. The smallest absolute Gasteiger partial charge is 0.332 e. The van der Waals surface area contributed by atoms with E-state index in [0.717, 1.165) is 4.57 Å². The molecule has 0 saturated heterocycles. The summed E-state index contributed by atoms with van der Waals surface area (Å²) in [6.07, 6.45) is 1.31. The molecular weight excluding hydrogens is 466 g/mol. The van der Waals surface area contributed by atoms with Gasteiger partial charge in [-0.3, -0.25) is 18.7 Å². The first kappa shape index (κ1) is 23.0. The van der Waals surface area contributed by atoms with Gasteiger partial charge < -0.3 is 14.4 Å². The summed E-state index contributed by atoms with van der Waals surface area (Å²) in [5.41, 5.74) is 0.689. The van der Waals surface area contributed by atoms with Gasteiger partial charge in [-0.1, -0.05) is 5.16 Å². The van der Waals surface area contributed by atoms with Gasteiger partial charge in [0.25, 0.3) is 15.6 Å². The average molecular weight is 487 g/mol. The van der Waals surface area contributed by atoms with Crippen molar-refractivity contribution in [3.05, 3.63) is 62.7 Å². The van der Waals surface area contributed by atoms with E-state index < -0.39 is 27.2 Å². The first-order valence-electron chi connectivity index (χ1n) is 9.96. The number of nitrogens with zero attached hydrogens (tertiary/aromatic N) is 5. The summed E-state index contributed by atoms with van der Waals surface area (Å²) in [5, 5.41) is 6.35. The molecule has 3 aromatic heterocycles. The lowest BCUT2D eigenvalue weighted by Gasteiger charge is -2.09. The number of aryl methyl sites for hydroxylation is 2. The maximum atomic E-state index is 12.6. The highest BCUT2D eigenvalue weighted by Crippen LogP contribution is 2.22. The standard InChI is InChI=1S/C20H21N7O6S/c1-11-12(2)23-33-18(11)24-34(31,32)14-7-5-13(6-8-14)22-15(28)9-27-10-21-17-16(27)19(29)26(4)20(30)25(17)3/h5-8,10,24H,9H2,1-4H3,(H,22,28). The van der Waals surface area contributed by atoms with Crippen LogP contribution in [0.25, 0.3) is 11.2 Å². The molecule has 13 nitrogen and oxygen atoms in total. The molecule has 4 rings (SSSR count). The molecule has 4 aromatic rings. The van der Waals surface area contributed by atoms with Crippen LogP contribution in [0.5, 0.6) is 0 Å². The fourth-order valence-corrected chi connectivity index (χ4v) is 4.33. The summed E-state index contributed by atoms with van der Waals surface area (Å²) in [5.74, 6) is -0.442. The highest BCUT2D eigenvalue weighted by Gasteiger charge is 2.20. The second kappa shape index (κ2) is 8.30. The van der Waals surface area contributed by atoms with E-state index in [1.165, 1.54) is 53.8 Å². The third kappa shape index (κ3) is 3.98. The van der Waals surface area contributed by atoms with Crippen LogP contribution in [0.1, 0.15) is 11.3 Å². The Hall–Kier alpha value is -4.20. The van der Waals surface area contributed by atoms with E-state index in [0.29, 0.717) is 16.9 Å². The lowest BCUT2D eigenvalue weighted by Crippen LogP contribution is -2.37. The number of fused-ring (bicyclic) bond motifs is 1. The highest BCUT2D eigenvalue weighted by molar-refractivity contribution is 7.92. The van der Waals surface area contributed by atoms with Gasteiger partial charge in [-0.25, -0.2) is 22.9 Å². The van der Waals surface area contributed by atoms with Crippen LogP contribution < -0.4 is 21.3 Å². The van der Waals surface area contributed by atoms with Gasteiger partial charge in [0.15, 0.2) is 11.2 Å². The quantitative estimate of drug-likeness (QED) is 0.397. The monoisotopic (exact) mass is 487 g/mol. The van der Waals surface area contributed by atoms with Crippen LogP contribution in [-0.2, 0) is 35.5 Å². The molecule has 0 atom stereocenters. The van der Waals surface area contributed by atoms with E-state index in [-0.39, 0.29) is 28.5 Å². The van der Waals surface area contributed by atoms with Crippen LogP contribution >= 0.6 is 0 Å². The molecule has 0 aliphatic heterocycles. The number of carbonyl (C=O) groups is 1. The second-order valence-electron chi connectivity index (χ2n) is 7.65. The van der Waals surface area contributed by atoms with Crippen LogP contribution in [0.2, 0.25) is 0 Å². The molecule has 0 unspecified atom stereocenters. The van der Waals surface area contributed by atoms with Gasteiger partial charge >= 0.3 is 5.69 Å². The van der Waals surface area contributed by atoms with Crippen LogP contribution in [-0.4, -0.2) is 38.2 Å². The van der Waals surface area contributed by atoms with Gasteiger partial charge in [0.05, 0.1) is 16.9 Å². The van der Waals surface area contributed by atoms with Gasteiger partial charge in [-0.15, -0.1) is 0 Å². The van der Waals surface area contributed by atoms with E-state index in [9.17, 15) is 22.8 Å². The number of carbonyl (C=O) groups excluding carboxylic acids is 1. The number of benzene rings is 1. The number of imidazole rings is 1. The average Bonchev–Trinajstić information content (AvgIpc) is 3.35. The Morgan fingerprint density at radius 1 is 1.09 bits per heavy atom. The summed E-state index contributed by atoms with van der Waals surface area (Å²) >= 11 is 0. The Morgan fingerprint density at radius 2 is 1.76 bits per heavy atom. The molecule has 0 fully saturated rings. The van der Waals surface area contributed by atoms with Crippen molar-refractivity contribution < 1.29 is 17.7 Å². The summed E-state index contributed by atoms with van der Waals surface area (Å²) in [6, 6.07) is 5.52. The molecule has 0 aliphatic rings. The highest BCUT2D eigenvalue weighted by atomic mass is 32.2. The molecule has 178 valence electrons. The van der Waals surface area contributed by atoms with Crippen molar-refractivity contribution >= 4 is 38.7 Å². The number of rotatable bonds is 6. The summed E-state index contributed by atoms with van der Waals surface area (Å²) in [4.78, 5) is 41.1. The van der Waals surface area contributed by atoms with E-state index in [2.05, 4.69) is 20.2 Å². The summed E-state index contributed by atoms with van der Waals surface area (Å²) in [6.45, 7) is 3.14. The molecule has 1 amide bonds. The van der Waals surface area contributed by atoms with Gasteiger partial charge in [0.2, 0.25) is 11.8 Å². The Morgan fingerprint density at radius 3 is 2.38 bits per heavy atom. The molecule has 2 N–H and O–H groups in total. The molecule has 0 spiro atoms. The lowest BCUT2D eigenvalue weighted by atomic mass is 10.3. The summed E-state index contributed by atoms with van der Waals surface area (Å²) < 4.78 is 36.0. The minimum Gasteiger partial charge on any atom is -0.337 e. The number of anilines is 2. The van der Waals surface area contributed by atoms with Gasteiger partial charge in [0, 0.05) is 25.3 Å². The molecular formula is C20H21N7O6S. The maximum Gasteiger partial charge on any atom is 0.332 e. The third-order valence-corrected chi connectivity index (χ3v) is 6.71. The topological polar surface area (TPSA) is 163 Å². The molecule has 0 radical (unpaired) electrons. The SMILES string of the molecule is Cc1noc(NS(=O)(=O)c2ccc(NC(=O)Cn3cnc4c3c(=O)n(C)c(=O)n4C)cc2)c1C. The lowest BCUT2D eigenvalue weighted by molar-refractivity contribution is -0.116. The number of nitrogens with one attached hydrogen (secondary N) is 2. The Labute approximate surface area is 192 Å². The van der Waals surface area contributed by atoms with Crippen molar-refractivity contribution in [2.45, 2.75) is 25.3 Å². The molecule has 1 aromatic carbocycles. The van der Waals surface area contributed by atoms with Crippen LogP contribution in [0.15, 0.2) is 49.6 Å². The molecule has 34 heavy (non-hydrogen) atoms. The minimum atomic E-state index is -3.92. The molecule has 0 bridgehead atoms. The van der Waals surface area contributed by atoms with Gasteiger partial charge in [0.1, 0.15) is 6.54 Å². The predicted octanol–water partition coefficient (Wildman–Crippen LogP) is 0.478. The van der Waals surface area contributed by atoms with Crippen molar-refractivity contribution in [1.29, 1.82) is 0 Å². The van der Waals surface area contributed by atoms with Crippen LogP contribution in [0, 0.1) is 13.8 Å². The summed E-state index contributed by atoms with van der Waals surface area (Å²) in [7, 11) is -1.10. The van der Waals surface area contributed by atoms with Crippen molar-refractivity contribution in [3.63, 3.8) is 0 Å². The molecule has 14 heteroatoms. The molecule has 3 heterocycles. The molecule has 0 saturated carbocycles. The maximum absolute atomic E-state index is 12.6. The van der Waals surface area contributed by atoms with Crippen LogP contribution in [0.4, 0.5) is 11.6 Å². The van der Waals surface area contributed by atoms with Crippen LogP contribution in [0.3, 0.4) is 0 Å². The Balaban J connectivity index is 1.50. The predicted molar refractivity (Wildman–Crippen MR) is 122 cm³/mol. The Bertz CT molecular complexity index is 1640. The zero-order chi connectivity index (χ0) is 24.8. The first-order chi connectivity index (χ1) is 16.0. The normalized spacial score (nSPS) is 11.6. The minimum absolute atomic E-state index is 0.0334. The van der Waals surface area contributed by atoms with Crippen molar-refractivity contribution in [2.75, 3.05) is 10.0 Å². The first-order valence-corrected chi connectivity index (χ1v) is 11.4. The van der Waals surface area contributed by atoms with Crippen molar-refractivity contribution in [2.24, 2.45) is 14.1 Å². The number of sulfonamides is 1. The van der Waals surface area contributed by atoms with Gasteiger partial charge in [-0.2, -0.15) is 0 Å². The zero-order valence-electron chi connectivity index (χ0n) is 18.7. The third-order valence-electron chi connectivity index (χ3n) is 5.36. The zero-order valence-corrected chi connectivity index (χ0v) is 19.5. The number of hydrogen-bond acceptors (Lipinski definition) is 8. The number of hydrogen-bond donors (Lipinski definition) is 2. The van der Waals surface area contributed by atoms with E-state index in [1.807, 2.05) is 0 Å². The van der Waals surface area contributed by atoms with E-state index in [1.54, 1.807) is 13.8 Å². The van der Waals surface area contributed by atoms with E-state index in [4.69, 9.17) is 4.52 Å². The molecule has 0 aliphatic carbocycles. The fourth-order valence-electron chi connectivity index (χ4n) is 3.28. The Kier molecular flexibility index (Phi) is 5.61. The van der Waals surface area contributed by atoms with Crippen molar-refractivity contribution in [1.82, 2.24) is 23.8 Å². The number of amides is 1. The van der Waals surface area contributed by atoms with Gasteiger partial charge in [-0.05, 0) is 38.1 Å². The van der Waals surface area contributed by atoms with Crippen molar-refractivity contribution in [3.8, 4) is 0 Å². The number of aromatic nitrogens is 5. The fraction of sp³-hybridized carbons (Fsp3) is 0.250. The second-order valence-corrected chi connectivity index (χ2v) is 9.33.